The molecule has 0 aliphatic heterocycles. The van der Waals surface area contributed by atoms with Gasteiger partial charge < -0.3 is 4.57 Å². The lowest BCUT2D eigenvalue weighted by Crippen LogP contribution is -1.93. The summed E-state index contributed by atoms with van der Waals surface area (Å²) in [5.74, 6) is 0. The highest BCUT2D eigenvalue weighted by atomic mass is 79.9. The van der Waals surface area contributed by atoms with Crippen LogP contribution in [0.15, 0.2) is 138 Å². The molecule has 0 spiro atoms. The largest absolute Gasteiger partial charge is 0.309 e. The maximum atomic E-state index is 3.80. The third-order valence-corrected chi connectivity index (χ3v) is 9.46. The Bertz CT molecular complexity index is 2190. The van der Waals surface area contributed by atoms with Gasteiger partial charge in [0.2, 0.25) is 0 Å². The van der Waals surface area contributed by atoms with E-state index >= 15 is 0 Å². The molecule has 0 saturated heterocycles. The van der Waals surface area contributed by atoms with Gasteiger partial charge in [-0.2, -0.15) is 0 Å². The lowest BCUT2D eigenvalue weighted by molar-refractivity contribution is 1.19. The van der Waals surface area contributed by atoms with E-state index in [1.807, 2.05) is 11.3 Å². The molecule has 0 N–H and O–H groups in total. The summed E-state index contributed by atoms with van der Waals surface area (Å²) >= 11 is 5.65. The van der Waals surface area contributed by atoms with Crippen LogP contribution in [-0.4, -0.2) is 4.57 Å². The van der Waals surface area contributed by atoms with Gasteiger partial charge >= 0.3 is 0 Å². The maximum Gasteiger partial charge on any atom is 0.0541 e. The Kier molecular flexibility index (Phi) is 5.22. The summed E-state index contributed by atoms with van der Waals surface area (Å²) in [6, 6.07) is 48.4. The highest BCUT2D eigenvalue weighted by molar-refractivity contribution is 9.10. The third-order valence-electron chi connectivity index (χ3n) is 7.66. The van der Waals surface area contributed by atoms with Gasteiger partial charge in [0.25, 0.3) is 0 Å². The summed E-state index contributed by atoms with van der Waals surface area (Å²) < 4.78 is 6.17. The Morgan fingerprint density at radius 2 is 1.18 bits per heavy atom. The van der Waals surface area contributed by atoms with Crippen LogP contribution in [0.1, 0.15) is 0 Å². The minimum atomic E-state index is 1.15. The Labute approximate surface area is 238 Å². The molecule has 0 atom stereocenters. The number of nitrogens with zero attached hydrogens (tertiary/aromatic N) is 1. The highest BCUT2D eigenvalue weighted by Crippen LogP contribution is 2.41. The molecular formula is C36H22BrNS. The van der Waals surface area contributed by atoms with Gasteiger partial charge in [0, 0.05) is 41.1 Å². The number of hydrogen-bond donors (Lipinski definition) is 0. The zero-order chi connectivity index (χ0) is 25.9. The first-order valence-corrected chi connectivity index (χ1v) is 14.7. The van der Waals surface area contributed by atoms with Crippen molar-refractivity contribution < 1.29 is 0 Å². The summed E-state index contributed by atoms with van der Waals surface area (Å²) in [6.45, 7) is 0. The summed E-state index contributed by atoms with van der Waals surface area (Å²) in [5, 5.41) is 5.12. The fourth-order valence-corrected chi connectivity index (χ4v) is 7.67. The molecule has 1 nitrogen and oxygen atoms in total. The second-order valence-electron chi connectivity index (χ2n) is 9.93. The molecule has 0 aliphatic carbocycles. The molecule has 0 fully saturated rings. The normalized spacial score (nSPS) is 11.7. The van der Waals surface area contributed by atoms with Gasteiger partial charge in [0.15, 0.2) is 0 Å². The summed E-state index contributed by atoms with van der Waals surface area (Å²) in [5.41, 5.74) is 8.55. The van der Waals surface area contributed by atoms with Gasteiger partial charge in [-0.15, -0.1) is 11.3 Å². The lowest BCUT2D eigenvalue weighted by Gasteiger charge is -2.10. The van der Waals surface area contributed by atoms with Crippen LogP contribution in [0.25, 0.3) is 69.9 Å². The fourth-order valence-electron chi connectivity index (χ4n) is 5.85. The standard InChI is InChI=1S/C36H22BrNS/c37-31-13-7-15-35-36(31)30-22-27(17-19-34(30)39-35)38-32-14-5-4-12-28(32)29-21-26(16-18-33(29)38)25-11-6-10-24(20-25)23-8-2-1-3-9-23/h1-22H. The summed E-state index contributed by atoms with van der Waals surface area (Å²) in [6.07, 6.45) is 0. The number of thiophene rings is 1. The van der Waals surface area contributed by atoms with E-state index in [1.165, 1.54) is 69.9 Å². The van der Waals surface area contributed by atoms with Crippen LogP contribution in [0.3, 0.4) is 0 Å². The van der Waals surface area contributed by atoms with E-state index in [4.69, 9.17) is 0 Å². The van der Waals surface area contributed by atoms with E-state index < -0.39 is 0 Å². The Balaban J connectivity index is 1.34. The van der Waals surface area contributed by atoms with Gasteiger partial charge in [-0.1, -0.05) is 94.8 Å². The van der Waals surface area contributed by atoms with Crippen LogP contribution in [0, 0.1) is 0 Å². The predicted octanol–water partition coefficient (Wildman–Crippen LogP) is 11.2. The predicted molar refractivity (Wildman–Crippen MR) is 172 cm³/mol. The van der Waals surface area contributed by atoms with Crippen LogP contribution in [0.4, 0.5) is 0 Å². The van der Waals surface area contributed by atoms with Crippen molar-refractivity contribution in [1.82, 2.24) is 4.57 Å². The molecule has 6 aromatic carbocycles. The van der Waals surface area contributed by atoms with E-state index in [0.717, 1.165) is 4.47 Å². The molecule has 3 heteroatoms. The van der Waals surface area contributed by atoms with Gasteiger partial charge in [0.1, 0.15) is 0 Å². The molecule has 8 rings (SSSR count). The second kappa shape index (κ2) is 8.94. The Hall–Kier alpha value is -4.18. The van der Waals surface area contributed by atoms with Crippen molar-refractivity contribution in [3.05, 3.63) is 138 Å². The van der Waals surface area contributed by atoms with Gasteiger partial charge in [0.05, 0.1) is 11.0 Å². The first kappa shape index (κ1) is 22.8. The van der Waals surface area contributed by atoms with Gasteiger partial charge in [-0.25, -0.2) is 0 Å². The zero-order valence-corrected chi connectivity index (χ0v) is 23.3. The number of para-hydroxylation sites is 1. The van der Waals surface area contributed by atoms with E-state index in [0.29, 0.717) is 0 Å². The second-order valence-corrected chi connectivity index (χ2v) is 11.9. The average molecular weight is 581 g/mol. The van der Waals surface area contributed by atoms with Gasteiger partial charge in [-0.05, 0) is 76.9 Å². The van der Waals surface area contributed by atoms with Crippen molar-refractivity contribution in [2.24, 2.45) is 0 Å². The van der Waals surface area contributed by atoms with E-state index in [-0.39, 0.29) is 0 Å². The Morgan fingerprint density at radius 3 is 2.08 bits per heavy atom. The van der Waals surface area contributed by atoms with Crippen molar-refractivity contribution in [2.45, 2.75) is 0 Å². The minimum Gasteiger partial charge on any atom is -0.309 e. The molecule has 0 amide bonds. The molecule has 8 aromatic rings. The highest BCUT2D eigenvalue weighted by Gasteiger charge is 2.15. The monoisotopic (exact) mass is 579 g/mol. The number of halogens is 1. The number of fused-ring (bicyclic) bond motifs is 6. The number of rotatable bonds is 3. The topological polar surface area (TPSA) is 4.93 Å². The summed E-state index contributed by atoms with van der Waals surface area (Å²) in [4.78, 5) is 0. The number of aromatic nitrogens is 1. The molecule has 39 heavy (non-hydrogen) atoms. The van der Waals surface area contributed by atoms with Gasteiger partial charge in [-0.3, -0.25) is 0 Å². The molecule has 2 heterocycles. The molecular weight excluding hydrogens is 558 g/mol. The molecule has 2 aromatic heterocycles. The van der Waals surface area contributed by atoms with Crippen LogP contribution in [-0.2, 0) is 0 Å². The van der Waals surface area contributed by atoms with Crippen LogP contribution >= 0.6 is 27.3 Å². The molecule has 0 aliphatic rings. The van der Waals surface area contributed by atoms with Crippen molar-refractivity contribution in [1.29, 1.82) is 0 Å². The van der Waals surface area contributed by atoms with E-state index in [2.05, 4.69) is 154 Å². The van der Waals surface area contributed by atoms with Crippen molar-refractivity contribution in [3.8, 4) is 27.9 Å². The lowest BCUT2D eigenvalue weighted by atomic mass is 9.98. The van der Waals surface area contributed by atoms with Crippen LogP contribution < -0.4 is 0 Å². The minimum absolute atomic E-state index is 1.15. The number of hydrogen-bond acceptors (Lipinski definition) is 1. The van der Waals surface area contributed by atoms with Crippen molar-refractivity contribution in [2.75, 3.05) is 0 Å². The SMILES string of the molecule is Brc1cccc2sc3ccc(-n4c5ccccc5c5cc(-c6cccc(-c7ccccc7)c6)ccc54)cc3c12. The van der Waals surface area contributed by atoms with E-state index in [9.17, 15) is 0 Å². The fraction of sp³-hybridized carbons (Fsp3) is 0. The molecule has 0 radical (unpaired) electrons. The zero-order valence-electron chi connectivity index (χ0n) is 20.9. The summed E-state index contributed by atoms with van der Waals surface area (Å²) in [7, 11) is 0. The molecule has 0 unspecified atom stereocenters. The first-order valence-electron chi connectivity index (χ1n) is 13.0. The molecule has 0 saturated carbocycles. The van der Waals surface area contributed by atoms with Crippen molar-refractivity contribution in [3.63, 3.8) is 0 Å². The van der Waals surface area contributed by atoms with Crippen LogP contribution in [0.2, 0.25) is 0 Å². The maximum absolute atomic E-state index is 3.80. The quantitative estimate of drug-likeness (QED) is 0.196. The van der Waals surface area contributed by atoms with Crippen LogP contribution in [0.5, 0.6) is 0 Å². The average Bonchev–Trinajstić information content (AvgIpc) is 3.53. The smallest absolute Gasteiger partial charge is 0.0541 e. The van der Waals surface area contributed by atoms with Crippen molar-refractivity contribution >= 4 is 69.2 Å². The first-order chi connectivity index (χ1) is 19.2. The van der Waals surface area contributed by atoms with E-state index in [1.54, 1.807) is 0 Å². The Morgan fingerprint density at radius 1 is 0.462 bits per heavy atom. The third kappa shape index (κ3) is 3.65. The molecule has 184 valence electrons. The number of benzene rings is 6. The molecule has 0 bridgehead atoms.